The fraction of sp³-hybridized carbons (Fsp3) is 0.250. The van der Waals surface area contributed by atoms with Crippen LogP contribution in [0.4, 0.5) is 11.4 Å². The van der Waals surface area contributed by atoms with Crippen molar-refractivity contribution in [3.8, 4) is 0 Å². The van der Waals surface area contributed by atoms with Gasteiger partial charge in [-0.2, -0.15) is 0 Å². The van der Waals surface area contributed by atoms with Crippen LogP contribution in [-0.4, -0.2) is 25.6 Å². The number of nitrogens with one attached hydrogen (secondary N) is 1. The molecule has 24 heavy (non-hydrogen) atoms. The van der Waals surface area contributed by atoms with E-state index < -0.39 is 20.4 Å². The number of halogens is 1. The van der Waals surface area contributed by atoms with Crippen LogP contribution in [0.3, 0.4) is 0 Å². The Kier molecular flexibility index (Phi) is 4.23. The largest absolute Gasteiger partial charge is 0.376 e. The van der Waals surface area contributed by atoms with Crippen LogP contribution < -0.4 is 5.32 Å². The van der Waals surface area contributed by atoms with Gasteiger partial charge in [0.25, 0.3) is 0 Å². The topological polar surface area (TPSA) is 89.3 Å². The van der Waals surface area contributed by atoms with Crippen molar-refractivity contribution in [2.24, 2.45) is 0 Å². The van der Waals surface area contributed by atoms with E-state index >= 15 is 0 Å². The maximum Gasteiger partial charge on any atom is 0.310 e. The highest BCUT2D eigenvalue weighted by molar-refractivity contribution is 7.90. The predicted octanol–water partition coefficient (Wildman–Crippen LogP) is 3.62. The number of anilines is 1. The third-order valence-electron chi connectivity index (χ3n) is 4.01. The molecule has 6 nitrogen and oxygen atoms in total. The van der Waals surface area contributed by atoms with Crippen LogP contribution in [0.2, 0.25) is 5.02 Å². The first-order valence-corrected chi connectivity index (χ1v) is 9.54. The molecule has 1 aliphatic rings. The molecule has 0 spiro atoms. The summed E-state index contributed by atoms with van der Waals surface area (Å²) in [5.41, 5.74) is 0.921. The number of benzene rings is 2. The van der Waals surface area contributed by atoms with Crippen molar-refractivity contribution in [1.82, 2.24) is 0 Å². The fourth-order valence-electron chi connectivity index (χ4n) is 2.76. The zero-order valence-corrected chi connectivity index (χ0v) is 14.3. The first kappa shape index (κ1) is 16.7. The first-order chi connectivity index (χ1) is 11.3. The molecular formula is C16H15ClN2O4S. The molecule has 126 valence electrons. The molecule has 2 unspecified atom stereocenters. The Balaban J connectivity index is 1.87. The highest BCUT2D eigenvalue weighted by Gasteiger charge is 2.40. The van der Waals surface area contributed by atoms with Crippen LogP contribution in [-0.2, 0) is 9.84 Å². The van der Waals surface area contributed by atoms with Crippen molar-refractivity contribution in [2.75, 3.05) is 11.6 Å². The summed E-state index contributed by atoms with van der Waals surface area (Å²) in [5.74, 6) is 0.226. The average Bonchev–Trinajstić information content (AvgIpc) is 3.26. The number of para-hydroxylation sites is 1. The number of hydrogen-bond donors (Lipinski definition) is 1. The van der Waals surface area contributed by atoms with Crippen molar-refractivity contribution in [1.29, 1.82) is 0 Å². The number of sulfone groups is 1. The minimum absolute atomic E-state index is 0.0275. The molecular weight excluding hydrogens is 352 g/mol. The molecule has 2 atom stereocenters. The number of nitro groups is 1. The van der Waals surface area contributed by atoms with Crippen LogP contribution in [0.15, 0.2) is 47.4 Å². The Labute approximate surface area is 144 Å². The molecule has 2 aromatic rings. The zero-order chi connectivity index (χ0) is 17.5. The van der Waals surface area contributed by atoms with Gasteiger partial charge in [0.2, 0.25) is 0 Å². The normalized spacial score (nSPS) is 19.8. The molecule has 0 aromatic heterocycles. The molecule has 8 heteroatoms. The standard InChI is InChI=1S/C16H15ClN2O4S/c1-24(22,23)15-4-2-3-13(16(15)19(20)21)18-14-9-12(14)10-5-7-11(17)8-6-10/h2-8,12,14,18H,9H2,1H3. The van der Waals surface area contributed by atoms with E-state index in [0.717, 1.165) is 18.2 Å². The molecule has 3 rings (SSSR count). The number of rotatable bonds is 5. The molecule has 2 aromatic carbocycles. The summed E-state index contributed by atoms with van der Waals surface area (Å²) < 4.78 is 23.6. The number of hydrogen-bond acceptors (Lipinski definition) is 5. The lowest BCUT2D eigenvalue weighted by molar-refractivity contribution is -0.386. The van der Waals surface area contributed by atoms with E-state index in [1.165, 1.54) is 18.2 Å². The van der Waals surface area contributed by atoms with E-state index in [1.54, 1.807) is 12.1 Å². The Hall–Kier alpha value is -2.12. The minimum atomic E-state index is -3.68. The molecule has 0 heterocycles. The lowest BCUT2D eigenvalue weighted by Gasteiger charge is -2.09. The second-order valence-electron chi connectivity index (χ2n) is 5.83. The minimum Gasteiger partial charge on any atom is -0.376 e. The second-order valence-corrected chi connectivity index (χ2v) is 8.25. The van der Waals surface area contributed by atoms with Crippen LogP contribution in [0, 0.1) is 10.1 Å². The quantitative estimate of drug-likeness (QED) is 0.644. The molecule has 0 bridgehead atoms. The maximum atomic E-state index is 11.8. The monoisotopic (exact) mass is 366 g/mol. The van der Waals surface area contributed by atoms with Crippen molar-refractivity contribution in [2.45, 2.75) is 23.3 Å². The molecule has 1 aliphatic carbocycles. The first-order valence-electron chi connectivity index (χ1n) is 7.27. The summed E-state index contributed by atoms with van der Waals surface area (Å²) in [6.45, 7) is 0. The summed E-state index contributed by atoms with van der Waals surface area (Å²) in [6, 6.07) is 11.8. The lowest BCUT2D eigenvalue weighted by Crippen LogP contribution is -2.10. The SMILES string of the molecule is CS(=O)(=O)c1cccc(NC2CC2c2ccc(Cl)cc2)c1[N+](=O)[O-]. The lowest BCUT2D eigenvalue weighted by atomic mass is 10.1. The summed E-state index contributed by atoms with van der Waals surface area (Å²) >= 11 is 5.87. The third kappa shape index (κ3) is 3.37. The molecule has 0 amide bonds. The van der Waals surface area contributed by atoms with Crippen molar-refractivity contribution in [3.63, 3.8) is 0 Å². The van der Waals surface area contributed by atoms with Crippen molar-refractivity contribution >= 4 is 32.8 Å². The highest BCUT2D eigenvalue weighted by Crippen LogP contribution is 2.45. The van der Waals surface area contributed by atoms with Crippen molar-refractivity contribution in [3.05, 3.63) is 63.2 Å². The van der Waals surface area contributed by atoms with Crippen LogP contribution in [0.1, 0.15) is 17.9 Å². The summed E-state index contributed by atoms with van der Waals surface area (Å²) in [5, 5.41) is 15.1. The van der Waals surface area contributed by atoms with E-state index in [2.05, 4.69) is 5.32 Å². The highest BCUT2D eigenvalue weighted by atomic mass is 35.5. The van der Waals surface area contributed by atoms with Crippen LogP contribution in [0.25, 0.3) is 0 Å². The van der Waals surface area contributed by atoms with Gasteiger partial charge in [-0.1, -0.05) is 29.8 Å². The van der Waals surface area contributed by atoms with Gasteiger partial charge in [0, 0.05) is 23.2 Å². The van der Waals surface area contributed by atoms with Gasteiger partial charge in [0.1, 0.15) is 10.6 Å². The van der Waals surface area contributed by atoms with Gasteiger partial charge < -0.3 is 5.32 Å². The fourth-order valence-corrected chi connectivity index (χ4v) is 3.75. The third-order valence-corrected chi connectivity index (χ3v) is 5.39. The second kappa shape index (κ2) is 6.07. The van der Waals surface area contributed by atoms with Gasteiger partial charge in [-0.15, -0.1) is 0 Å². The van der Waals surface area contributed by atoms with E-state index in [0.29, 0.717) is 5.02 Å². The Morgan fingerprint density at radius 2 is 1.88 bits per heavy atom. The van der Waals surface area contributed by atoms with Gasteiger partial charge in [-0.3, -0.25) is 10.1 Å². The summed E-state index contributed by atoms with van der Waals surface area (Å²) in [4.78, 5) is 10.4. The van der Waals surface area contributed by atoms with Gasteiger partial charge in [-0.25, -0.2) is 8.42 Å². The average molecular weight is 367 g/mol. The van der Waals surface area contributed by atoms with Crippen LogP contribution >= 0.6 is 11.6 Å². The van der Waals surface area contributed by atoms with Gasteiger partial charge in [-0.05, 0) is 36.2 Å². The molecule has 0 saturated heterocycles. The van der Waals surface area contributed by atoms with E-state index in [1.807, 2.05) is 12.1 Å². The maximum absolute atomic E-state index is 11.8. The van der Waals surface area contributed by atoms with Gasteiger partial charge in [0.05, 0.1) is 4.92 Å². The molecule has 1 fully saturated rings. The van der Waals surface area contributed by atoms with E-state index in [9.17, 15) is 18.5 Å². The molecule has 1 saturated carbocycles. The Morgan fingerprint density at radius 1 is 1.21 bits per heavy atom. The number of nitro benzene ring substituents is 1. The molecule has 0 radical (unpaired) electrons. The summed E-state index contributed by atoms with van der Waals surface area (Å²) in [6.07, 6.45) is 1.79. The van der Waals surface area contributed by atoms with Crippen molar-refractivity contribution < 1.29 is 13.3 Å². The molecule has 0 aliphatic heterocycles. The van der Waals surface area contributed by atoms with Crippen LogP contribution in [0.5, 0.6) is 0 Å². The van der Waals surface area contributed by atoms with E-state index in [-0.39, 0.29) is 22.5 Å². The molecule has 1 N–H and O–H groups in total. The van der Waals surface area contributed by atoms with Gasteiger partial charge >= 0.3 is 5.69 Å². The Morgan fingerprint density at radius 3 is 2.46 bits per heavy atom. The van der Waals surface area contributed by atoms with E-state index in [4.69, 9.17) is 11.6 Å². The Bertz CT molecular complexity index is 897. The van der Waals surface area contributed by atoms with Gasteiger partial charge in [0.15, 0.2) is 9.84 Å². The zero-order valence-electron chi connectivity index (χ0n) is 12.8. The predicted molar refractivity (Wildman–Crippen MR) is 92.4 cm³/mol. The number of nitrogens with zero attached hydrogens (tertiary/aromatic N) is 1. The summed E-state index contributed by atoms with van der Waals surface area (Å²) in [7, 11) is -3.68. The smallest absolute Gasteiger partial charge is 0.310 e.